The highest BCUT2D eigenvalue weighted by atomic mass is 35.5. The zero-order valence-corrected chi connectivity index (χ0v) is 12.9. The highest BCUT2D eigenvalue weighted by Gasteiger charge is 2.20. The van der Waals surface area contributed by atoms with Crippen molar-refractivity contribution in [2.24, 2.45) is 0 Å². The largest absolute Gasteiger partial charge is 0.383 e. The minimum Gasteiger partial charge on any atom is -0.383 e. The van der Waals surface area contributed by atoms with Gasteiger partial charge >= 0.3 is 0 Å². The van der Waals surface area contributed by atoms with E-state index in [2.05, 4.69) is 4.98 Å². The fourth-order valence-electron chi connectivity index (χ4n) is 1.55. The van der Waals surface area contributed by atoms with Crippen LogP contribution in [0.5, 0.6) is 0 Å². The Morgan fingerprint density at radius 3 is 2.58 bits per heavy atom. The van der Waals surface area contributed by atoms with Crippen molar-refractivity contribution in [2.75, 3.05) is 27.3 Å². The summed E-state index contributed by atoms with van der Waals surface area (Å²) in [5.74, 6) is -0.0770. The summed E-state index contributed by atoms with van der Waals surface area (Å²) in [5, 5.41) is 0.343. The number of pyridine rings is 1. The first-order valence-electron chi connectivity index (χ1n) is 6.18. The summed E-state index contributed by atoms with van der Waals surface area (Å²) < 4.78 is 4.97. The highest BCUT2D eigenvalue weighted by Crippen LogP contribution is 2.23. The van der Waals surface area contributed by atoms with E-state index in [9.17, 15) is 4.79 Å². The van der Waals surface area contributed by atoms with Crippen LogP contribution in [0.25, 0.3) is 0 Å². The molecule has 19 heavy (non-hydrogen) atoms. The van der Waals surface area contributed by atoms with Gasteiger partial charge in [0, 0.05) is 37.4 Å². The Balaban J connectivity index is 3.00. The average Bonchev–Trinajstić information content (AvgIpc) is 2.33. The van der Waals surface area contributed by atoms with Crippen molar-refractivity contribution >= 4 is 17.5 Å². The van der Waals surface area contributed by atoms with Crippen molar-refractivity contribution in [1.82, 2.24) is 9.88 Å². The molecule has 1 aromatic heterocycles. The quantitative estimate of drug-likeness (QED) is 0.799. The first kappa shape index (κ1) is 15.9. The van der Waals surface area contributed by atoms with E-state index < -0.39 is 0 Å². The predicted octanol–water partition coefficient (Wildman–Crippen LogP) is 2.75. The van der Waals surface area contributed by atoms with E-state index in [-0.39, 0.29) is 11.3 Å². The molecule has 1 amide bonds. The van der Waals surface area contributed by atoms with Crippen LogP contribution >= 0.6 is 11.6 Å². The Morgan fingerprint density at radius 1 is 1.42 bits per heavy atom. The van der Waals surface area contributed by atoms with Gasteiger partial charge in [0.25, 0.3) is 5.91 Å². The minimum absolute atomic E-state index is 0.0770. The molecular formula is C14H21ClN2O2. The molecule has 0 saturated heterocycles. The van der Waals surface area contributed by atoms with Gasteiger partial charge in [-0.05, 0) is 12.1 Å². The fourth-order valence-corrected chi connectivity index (χ4v) is 1.76. The summed E-state index contributed by atoms with van der Waals surface area (Å²) >= 11 is 6.00. The normalized spacial score (nSPS) is 11.5. The van der Waals surface area contributed by atoms with Crippen molar-refractivity contribution in [1.29, 1.82) is 0 Å². The van der Waals surface area contributed by atoms with Gasteiger partial charge in [-0.2, -0.15) is 0 Å². The minimum atomic E-state index is -0.148. The van der Waals surface area contributed by atoms with Crippen molar-refractivity contribution in [2.45, 2.75) is 26.2 Å². The number of hydrogen-bond acceptors (Lipinski definition) is 3. The number of rotatable bonds is 4. The van der Waals surface area contributed by atoms with Gasteiger partial charge in [-0.25, -0.2) is 4.98 Å². The second kappa shape index (κ2) is 6.35. The maximum Gasteiger partial charge on any atom is 0.253 e. The summed E-state index contributed by atoms with van der Waals surface area (Å²) in [6.07, 6.45) is 0. The lowest BCUT2D eigenvalue weighted by molar-refractivity contribution is 0.0744. The predicted molar refractivity (Wildman–Crippen MR) is 76.8 cm³/mol. The number of carbonyl (C=O) groups is 1. The van der Waals surface area contributed by atoms with Gasteiger partial charge in [0.15, 0.2) is 0 Å². The molecule has 0 saturated carbocycles. The maximum absolute atomic E-state index is 12.3. The maximum atomic E-state index is 12.3. The van der Waals surface area contributed by atoms with Crippen LogP contribution in [0.15, 0.2) is 12.1 Å². The molecule has 0 aliphatic carbocycles. The molecule has 0 fully saturated rings. The first-order valence-corrected chi connectivity index (χ1v) is 6.56. The van der Waals surface area contributed by atoms with E-state index in [4.69, 9.17) is 16.3 Å². The number of carbonyl (C=O) groups excluding carboxylic acids is 1. The fraction of sp³-hybridized carbons (Fsp3) is 0.571. The SMILES string of the molecule is COCCN(C)C(=O)c1cc(Cl)nc(C(C)(C)C)c1. The molecule has 1 heterocycles. The monoisotopic (exact) mass is 284 g/mol. The van der Waals surface area contributed by atoms with Crippen molar-refractivity contribution in [3.63, 3.8) is 0 Å². The molecule has 0 radical (unpaired) electrons. The average molecular weight is 285 g/mol. The number of ether oxygens (including phenoxy) is 1. The Hall–Kier alpha value is -1.13. The summed E-state index contributed by atoms with van der Waals surface area (Å²) in [5.41, 5.74) is 1.22. The van der Waals surface area contributed by atoms with Gasteiger partial charge in [0.05, 0.1) is 6.61 Å². The zero-order valence-electron chi connectivity index (χ0n) is 12.2. The second-order valence-electron chi connectivity index (χ2n) is 5.53. The number of likely N-dealkylation sites (N-methyl/N-ethyl adjacent to an activating group) is 1. The lowest BCUT2D eigenvalue weighted by atomic mass is 9.91. The number of amides is 1. The van der Waals surface area contributed by atoms with Crippen LogP contribution in [-0.4, -0.2) is 43.1 Å². The van der Waals surface area contributed by atoms with Crippen LogP contribution in [0.2, 0.25) is 5.15 Å². The second-order valence-corrected chi connectivity index (χ2v) is 5.92. The third-order valence-electron chi connectivity index (χ3n) is 2.79. The van der Waals surface area contributed by atoms with E-state index in [1.54, 1.807) is 31.2 Å². The van der Waals surface area contributed by atoms with Crippen LogP contribution in [0.4, 0.5) is 0 Å². The van der Waals surface area contributed by atoms with Gasteiger partial charge in [-0.1, -0.05) is 32.4 Å². The lowest BCUT2D eigenvalue weighted by Gasteiger charge is -2.21. The molecule has 0 aliphatic heterocycles. The van der Waals surface area contributed by atoms with Crippen LogP contribution in [0.3, 0.4) is 0 Å². The summed E-state index contributed by atoms with van der Waals surface area (Å²) in [6.45, 7) is 7.16. The number of nitrogens with zero attached hydrogens (tertiary/aromatic N) is 2. The summed E-state index contributed by atoms with van der Waals surface area (Å²) in [6, 6.07) is 3.40. The first-order chi connectivity index (χ1) is 8.75. The number of hydrogen-bond donors (Lipinski definition) is 0. The molecule has 5 heteroatoms. The molecular weight excluding hydrogens is 264 g/mol. The number of methoxy groups -OCH3 is 1. The summed E-state index contributed by atoms with van der Waals surface area (Å²) in [7, 11) is 3.35. The molecule has 0 spiro atoms. The molecule has 1 rings (SSSR count). The van der Waals surface area contributed by atoms with E-state index in [1.165, 1.54) is 0 Å². The van der Waals surface area contributed by atoms with E-state index in [0.717, 1.165) is 5.69 Å². The van der Waals surface area contributed by atoms with E-state index in [1.807, 2.05) is 20.8 Å². The molecule has 0 aromatic carbocycles. The third-order valence-corrected chi connectivity index (χ3v) is 2.98. The molecule has 4 nitrogen and oxygen atoms in total. The van der Waals surface area contributed by atoms with Gasteiger partial charge < -0.3 is 9.64 Å². The molecule has 1 aromatic rings. The van der Waals surface area contributed by atoms with Crippen molar-refractivity contribution in [3.05, 3.63) is 28.5 Å². The van der Waals surface area contributed by atoms with Gasteiger partial charge in [-0.3, -0.25) is 4.79 Å². The van der Waals surface area contributed by atoms with Gasteiger partial charge in [0.1, 0.15) is 5.15 Å². The smallest absolute Gasteiger partial charge is 0.253 e. The molecule has 106 valence electrons. The van der Waals surface area contributed by atoms with E-state index >= 15 is 0 Å². The van der Waals surface area contributed by atoms with Gasteiger partial charge in [-0.15, -0.1) is 0 Å². The Kier molecular flexibility index (Phi) is 5.32. The van der Waals surface area contributed by atoms with E-state index in [0.29, 0.717) is 23.9 Å². The Bertz CT molecular complexity index is 455. The van der Waals surface area contributed by atoms with Crippen LogP contribution in [-0.2, 0) is 10.2 Å². The molecule has 0 unspecified atom stereocenters. The van der Waals surface area contributed by atoms with Crippen LogP contribution in [0, 0.1) is 0 Å². The standard InChI is InChI=1S/C14H21ClN2O2/c1-14(2,3)11-8-10(9-12(15)16-11)13(18)17(4)6-7-19-5/h8-9H,6-7H2,1-5H3. The highest BCUT2D eigenvalue weighted by molar-refractivity contribution is 6.29. The van der Waals surface area contributed by atoms with Crippen molar-refractivity contribution < 1.29 is 9.53 Å². The molecule has 0 atom stereocenters. The molecule has 0 bridgehead atoms. The lowest BCUT2D eigenvalue weighted by Crippen LogP contribution is -2.30. The van der Waals surface area contributed by atoms with Crippen LogP contribution < -0.4 is 0 Å². The van der Waals surface area contributed by atoms with Crippen molar-refractivity contribution in [3.8, 4) is 0 Å². The summed E-state index contributed by atoms with van der Waals surface area (Å²) in [4.78, 5) is 18.2. The Labute approximate surface area is 119 Å². The topological polar surface area (TPSA) is 42.4 Å². The number of halogens is 1. The zero-order chi connectivity index (χ0) is 14.6. The molecule has 0 aliphatic rings. The third kappa shape index (κ3) is 4.48. The van der Waals surface area contributed by atoms with Gasteiger partial charge in [0.2, 0.25) is 0 Å². The molecule has 0 N–H and O–H groups in total. The van der Waals surface area contributed by atoms with Crippen LogP contribution in [0.1, 0.15) is 36.8 Å². The Morgan fingerprint density at radius 2 is 2.05 bits per heavy atom. The number of aromatic nitrogens is 1.